The van der Waals surface area contributed by atoms with Crippen LogP contribution in [0.15, 0.2) is 11.6 Å². The van der Waals surface area contributed by atoms with Crippen LogP contribution in [-0.4, -0.2) is 44.9 Å². The van der Waals surface area contributed by atoms with Crippen LogP contribution in [0.1, 0.15) is 86.5 Å². The molecule has 3 fully saturated rings. The second-order valence-corrected chi connectivity index (χ2v) is 18.5. The van der Waals surface area contributed by atoms with Crippen molar-refractivity contribution in [3.05, 3.63) is 11.6 Å². The van der Waals surface area contributed by atoms with Gasteiger partial charge in [0.2, 0.25) is 0 Å². The first-order valence-electron chi connectivity index (χ1n) is 13.8. The van der Waals surface area contributed by atoms with Crippen LogP contribution in [0, 0.1) is 28.6 Å². The Balaban J connectivity index is 1.70. The van der Waals surface area contributed by atoms with E-state index >= 15 is 0 Å². The minimum Gasteiger partial charge on any atom is -0.462 e. The molecule has 0 bridgehead atoms. The predicted octanol–water partition coefficient (Wildman–Crippen LogP) is 5.99. The van der Waals surface area contributed by atoms with E-state index in [2.05, 4.69) is 40.8 Å². The topological polar surface area (TPSA) is 78.9 Å². The van der Waals surface area contributed by atoms with Crippen molar-refractivity contribution in [1.29, 1.82) is 0 Å². The van der Waals surface area contributed by atoms with Gasteiger partial charge in [-0.05, 0) is 74.6 Å². The van der Waals surface area contributed by atoms with Gasteiger partial charge in [-0.1, -0.05) is 33.3 Å². The lowest BCUT2D eigenvalue weighted by atomic mass is 9.47. The number of carbonyl (C=O) groups excluding carboxylic acids is 3. The number of ether oxygens (including phenoxy) is 2. The van der Waals surface area contributed by atoms with Crippen LogP contribution in [0.4, 0.5) is 0 Å². The van der Waals surface area contributed by atoms with Gasteiger partial charge < -0.3 is 13.9 Å². The minimum absolute atomic E-state index is 0.0682. The first-order valence-corrected chi connectivity index (χ1v) is 16.7. The first kappa shape index (κ1) is 27.6. The summed E-state index contributed by atoms with van der Waals surface area (Å²) in [6.45, 7) is 17.2. The molecule has 7 heteroatoms. The second kappa shape index (κ2) is 9.37. The van der Waals surface area contributed by atoms with Gasteiger partial charge in [-0.25, -0.2) is 0 Å². The van der Waals surface area contributed by atoms with Crippen LogP contribution >= 0.6 is 0 Å². The van der Waals surface area contributed by atoms with E-state index < -0.39 is 8.32 Å². The van der Waals surface area contributed by atoms with Crippen LogP contribution in [0.5, 0.6) is 0 Å². The SMILES string of the molecule is CC(=O)O[C@H]1CC[C@@]2(CO[Si](C)(C)C(C)(C)C)C(=CC(=O)[C@@H]3[C@@H]2CC[C@]2(C)[C@@H](OC(C)=O)CC[C@@H]32)C1. The fourth-order valence-electron chi connectivity index (χ4n) is 7.66. The summed E-state index contributed by atoms with van der Waals surface area (Å²) < 4.78 is 18.3. The van der Waals surface area contributed by atoms with Crippen molar-refractivity contribution in [2.24, 2.45) is 28.6 Å². The van der Waals surface area contributed by atoms with Crippen molar-refractivity contribution >= 4 is 26.0 Å². The third-order valence-electron chi connectivity index (χ3n) is 10.7. The Bertz CT molecular complexity index is 948. The third kappa shape index (κ3) is 4.63. The number of rotatable bonds is 5. The zero-order valence-corrected chi connectivity index (χ0v) is 24.6. The summed E-state index contributed by atoms with van der Waals surface area (Å²) in [6, 6.07) is 0. The molecule has 6 nitrogen and oxygen atoms in total. The minimum atomic E-state index is -2.01. The van der Waals surface area contributed by atoms with Crippen LogP contribution in [0.3, 0.4) is 0 Å². The summed E-state index contributed by atoms with van der Waals surface area (Å²) in [7, 11) is -2.01. The predicted molar refractivity (Wildman–Crippen MR) is 141 cm³/mol. The molecular weight excluding hydrogens is 472 g/mol. The zero-order chi connectivity index (χ0) is 26.7. The number of allylic oxidation sites excluding steroid dienone is 1. The highest BCUT2D eigenvalue weighted by atomic mass is 28.4. The number of hydrogen-bond donors (Lipinski definition) is 0. The van der Waals surface area contributed by atoms with Crippen molar-refractivity contribution in [3.63, 3.8) is 0 Å². The summed E-state index contributed by atoms with van der Waals surface area (Å²) >= 11 is 0. The van der Waals surface area contributed by atoms with Gasteiger partial charge in [-0.3, -0.25) is 14.4 Å². The maximum atomic E-state index is 13.8. The molecule has 4 aliphatic rings. The summed E-state index contributed by atoms with van der Waals surface area (Å²) in [5.41, 5.74) is 0.763. The summed E-state index contributed by atoms with van der Waals surface area (Å²) in [4.78, 5) is 37.3. The molecule has 0 radical (unpaired) electrons. The molecule has 0 unspecified atom stereocenters. The van der Waals surface area contributed by atoms with Crippen molar-refractivity contribution in [3.8, 4) is 0 Å². The molecule has 36 heavy (non-hydrogen) atoms. The molecule has 0 aromatic carbocycles. The number of ketones is 1. The maximum absolute atomic E-state index is 13.8. The molecule has 0 heterocycles. The molecule has 7 atom stereocenters. The molecule has 0 aliphatic heterocycles. The quantitative estimate of drug-likeness (QED) is 0.328. The lowest BCUT2D eigenvalue weighted by Gasteiger charge is -2.58. The molecular formula is C29H46O6Si. The standard InChI is InChI=1S/C29H46O6Si/c1-18(30)34-21-11-14-29(17-33-36(7,8)27(3,4)5)20(15-21)16-24(32)26-22-9-10-25(35-19(2)31)28(22,6)13-12-23(26)29/h16,21-23,25-26H,9-15,17H2,1-8H3/t21-,22-,23-,25-,26-,28-,29+/m0/s1. The normalized spacial score (nSPS) is 38.4. The van der Waals surface area contributed by atoms with Crippen LogP contribution in [0.2, 0.25) is 18.1 Å². The molecule has 0 aromatic rings. The zero-order valence-electron chi connectivity index (χ0n) is 23.6. The highest BCUT2D eigenvalue weighted by Gasteiger charge is 2.63. The number of carbonyl (C=O) groups is 3. The summed E-state index contributed by atoms with van der Waals surface area (Å²) in [6.07, 6.45) is 7.53. The van der Waals surface area contributed by atoms with Crippen LogP contribution in [-0.2, 0) is 28.3 Å². The van der Waals surface area contributed by atoms with Crippen molar-refractivity contribution in [1.82, 2.24) is 0 Å². The molecule has 4 rings (SSSR count). The van der Waals surface area contributed by atoms with Crippen LogP contribution < -0.4 is 0 Å². The Morgan fingerprint density at radius 2 is 1.67 bits per heavy atom. The fourth-order valence-corrected chi connectivity index (χ4v) is 8.71. The van der Waals surface area contributed by atoms with E-state index in [1.54, 1.807) is 0 Å². The van der Waals surface area contributed by atoms with E-state index in [0.717, 1.165) is 44.1 Å². The molecule has 4 aliphatic carbocycles. The molecule has 0 spiro atoms. The number of fused-ring (bicyclic) bond motifs is 5. The number of hydrogen-bond acceptors (Lipinski definition) is 6. The maximum Gasteiger partial charge on any atom is 0.302 e. The van der Waals surface area contributed by atoms with Gasteiger partial charge in [-0.2, -0.15) is 0 Å². The van der Waals surface area contributed by atoms with Gasteiger partial charge in [0.15, 0.2) is 14.1 Å². The van der Waals surface area contributed by atoms with E-state index in [0.29, 0.717) is 13.0 Å². The van der Waals surface area contributed by atoms with Gasteiger partial charge in [-0.15, -0.1) is 0 Å². The van der Waals surface area contributed by atoms with Gasteiger partial charge in [0, 0.05) is 43.6 Å². The van der Waals surface area contributed by atoms with Crippen molar-refractivity contribution in [2.45, 2.75) is 117 Å². The average Bonchev–Trinajstić information content (AvgIpc) is 3.07. The van der Waals surface area contributed by atoms with Gasteiger partial charge in [0.1, 0.15) is 12.2 Å². The molecule has 0 saturated heterocycles. The summed E-state index contributed by atoms with van der Waals surface area (Å²) in [5.74, 6) is 0.0666. The monoisotopic (exact) mass is 518 g/mol. The van der Waals surface area contributed by atoms with Crippen molar-refractivity contribution < 1.29 is 28.3 Å². The van der Waals surface area contributed by atoms with E-state index in [1.807, 2.05) is 6.08 Å². The van der Waals surface area contributed by atoms with Gasteiger partial charge in [0.05, 0.1) is 0 Å². The molecule has 202 valence electrons. The lowest BCUT2D eigenvalue weighted by molar-refractivity contribution is -0.159. The molecule has 0 aromatic heterocycles. The van der Waals surface area contributed by atoms with E-state index in [-0.39, 0.29) is 63.6 Å². The number of esters is 2. The van der Waals surface area contributed by atoms with Crippen molar-refractivity contribution in [2.75, 3.05) is 6.61 Å². The highest BCUT2D eigenvalue weighted by Crippen LogP contribution is 2.65. The van der Waals surface area contributed by atoms with Gasteiger partial charge >= 0.3 is 11.9 Å². The molecule has 3 saturated carbocycles. The Kier molecular flexibility index (Phi) is 7.17. The van der Waals surface area contributed by atoms with E-state index in [4.69, 9.17) is 13.9 Å². The molecule has 0 amide bonds. The van der Waals surface area contributed by atoms with Gasteiger partial charge in [0.25, 0.3) is 0 Å². The van der Waals surface area contributed by atoms with Crippen LogP contribution in [0.25, 0.3) is 0 Å². The molecule has 0 N–H and O–H groups in total. The Labute approximate surface area is 218 Å². The van der Waals surface area contributed by atoms with E-state index in [9.17, 15) is 14.4 Å². The first-order chi connectivity index (χ1) is 16.6. The fraction of sp³-hybridized carbons (Fsp3) is 0.828. The largest absolute Gasteiger partial charge is 0.462 e. The Hall–Kier alpha value is -1.47. The average molecular weight is 519 g/mol. The van der Waals surface area contributed by atoms with E-state index in [1.165, 1.54) is 13.8 Å². The summed E-state index contributed by atoms with van der Waals surface area (Å²) in [5, 5.41) is 0.0974. The Morgan fingerprint density at radius 1 is 1.00 bits per heavy atom. The smallest absolute Gasteiger partial charge is 0.302 e. The highest BCUT2D eigenvalue weighted by molar-refractivity contribution is 6.74. The second-order valence-electron chi connectivity index (χ2n) is 13.7. The third-order valence-corrected chi connectivity index (χ3v) is 15.2. The Morgan fingerprint density at radius 3 is 2.28 bits per heavy atom. The lowest BCUT2D eigenvalue weighted by Crippen LogP contribution is -2.57.